The number of carbonyl (C=O) groups is 2. The molecule has 2 amide bonds. The largest absolute Gasteiger partial charge is 0.493 e. The third-order valence-corrected chi connectivity index (χ3v) is 4.84. The molecule has 3 rings (SSSR count). The summed E-state index contributed by atoms with van der Waals surface area (Å²) in [5.74, 6) is 0.968. The number of ether oxygens (including phenoxy) is 2. The molecule has 138 valence electrons. The van der Waals surface area contributed by atoms with E-state index in [9.17, 15) is 9.59 Å². The zero-order valence-electron chi connectivity index (χ0n) is 14.9. The topological polar surface area (TPSA) is 59.1 Å². The Hall–Kier alpha value is -1.79. The first-order valence-corrected chi connectivity index (χ1v) is 8.42. The van der Waals surface area contributed by atoms with Crippen LogP contribution in [0.5, 0.6) is 11.5 Å². The summed E-state index contributed by atoms with van der Waals surface area (Å²) < 4.78 is 11.5. The minimum Gasteiger partial charge on any atom is -0.493 e. The Kier molecular flexibility index (Phi) is 6.30. The second kappa shape index (κ2) is 8.06. The average Bonchev–Trinajstić information content (AvgIpc) is 3.15. The molecule has 0 N–H and O–H groups in total. The van der Waals surface area contributed by atoms with Gasteiger partial charge in [0.05, 0.1) is 25.7 Å². The van der Waals surface area contributed by atoms with Gasteiger partial charge in [-0.1, -0.05) is 6.07 Å². The van der Waals surface area contributed by atoms with Crippen LogP contribution in [0, 0.1) is 0 Å². The first-order chi connectivity index (χ1) is 11.5. The van der Waals surface area contributed by atoms with E-state index in [0.717, 1.165) is 18.4 Å². The molecule has 1 aromatic carbocycles. The number of carbonyl (C=O) groups excluding carboxylic acids is 2. The highest BCUT2D eigenvalue weighted by molar-refractivity contribution is 5.95. The SMILES string of the molecule is COc1ccc(C2CC(=O)N(C(C)=O)N2C)cc1OC1CCCC1.Cl. The van der Waals surface area contributed by atoms with Gasteiger partial charge in [0.15, 0.2) is 11.5 Å². The maximum absolute atomic E-state index is 12.1. The number of hydrogen-bond donors (Lipinski definition) is 0. The molecular formula is C18H25ClN2O4. The van der Waals surface area contributed by atoms with Crippen LogP contribution >= 0.6 is 12.4 Å². The number of nitrogens with zero attached hydrogens (tertiary/aromatic N) is 2. The number of rotatable bonds is 4. The van der Waals surface area contributed by atoms with E-state index < -0.39 is 0 Å². The van der Waals surface area contributed by atoms with E-state index >= 15 is 0 Å². The van der Waals surface area contributed by atoms with Crippen molar-refractivity contribution >= 4 is 24.2 Å². The number of halogens is 1. The number of imide groups is 1. The van der Waals surface area contributed by atoms with Gasteiger partial charge in [-0.05, 0) is 43.4 Å². The zero-order valence-corrected chi connectivity index (χ0v) is 15.7. The highest BCUT2D eigenvalue weighted by atomic mass is 35.5. The van der Waals surface area contributed by atoms with Gasteiger partial charge in [0, 0.05) is 14.0 Å². The van der Waals surface area contributed by atoms with Gasteiger partial charge in [-0.25, -0.2) is 10.0 Å². The van der Waals surface area contributed by atoms with Gasteiger partial charge in [-0.2, -0.15) is 0 Å². The lowest BCUT2D eigenvalue weighted by atomic mass is 10.0. The van der Waals surface area contributed by atoms with Gasteiger partial charge >= 0.3 is 0 Å². The number of methoxy groups -OCH3 is 1. The third kappa shape index (κ3) is 3.90. The van der Waals surface area contributed by atoms with Crippen molar-refractivity contribution in [3.8, 4) is 11.5 Å². The molecule has 1 aliphatic carbocycles. The molecule has 1 aliphatic heterocycles. The number of benzene rings is 1. The summed E-state index contributed by atoms with van der Waals surface area (Å²) in [6.07, 6.45) is 5.03. The predicted octanol–water partition coefficient (Wildman–Crippen LogP) is 3.11. The number of amides is 2. The number of hydrogen-bond acceptors (Lipinski definition) is 5. The molecule has 0 radical (unpaired) electrons. The lowest BCUT2D eigenvalue weighted by Crippen LogP contribution is -2.40. The monoisotopic (exact) mass is 368 g/mol. The maximum atomic E-state index is 12.1. The fourth-order valence-electron chi connectivity index (χ4n) is 3.61. The summed E-state index contributed by atoms with van der Waals surface area (Å²) in [6.45, 7) is 1.40. The predicted molar refractivity (Wildman–Crippen MR) is 95.8 cm³/mol. The summed E-state index contributed by atoms with van der Waals surface area (Å²) in [4.78, 5) is 23.8. The Morgan fingerprint density at radius 3 is 2.44 bits per heavy atom. The molecule has 2 fully saturated rings. The van der Waals surface area contributed by atoms with Crippen molar-refractivity contribution in [1.29, 1.82) is 0 Å². The molecule has 1 heterocycles. The summed E-state index contributed by atoms with van der Waals surface area (Å²) in [5.41, 5.74) is 0.948. The van der Waals surface area contributed by atoms with Crippen LogP contribution in [0.3, 0.4) is 0 Å². The Bertz CT molecular complexity index is 646. The van der Waals surface area contributed by atoms with Crippen molar-refractivity contribution in [3.63, 3.8) is 0 Å². The standard InChI is InChI=1S/C18H24N2O4.ClH/c1-12(21)20-18(22)11-15(19(20)2)13-8-9-16(23-3)17(10-13)24-14-6-4-5-7-14;/h8-10,14-15H,4-7,11H2,1-3H3;1H. The van der Waals surface area contributed by atoms with Gasteiger partial charge in [0.25, 0.3) is 0 Å². The van der Waals surface area contributed by atoms with Crippen LogP contribution in [0.25, 0.3) is 0 Å². The van der Waals surface area contributed by atoms with Crippen molar-refractivity contribution in [2.75, 3.05) is 14.2 Å². The van der Waals surface area contributed by atoms with Crippen molar-refractivity contribution in [3.05, 3.63) is 23.8 Å². The summed E-state index contributed by atoms with van der Waals surface area (Å²) in [6, 6.07) is 5.57. The van der Waals surface area contributed by atoms with E-state index in [2.05, 4.69) is 0 Å². The van der Waals surface area contributed by atoms with E-state index in [0.29, 0.717) is 11.5 Å². The van der Waals surface area contributed by atoms with Gasteiger partial charge in [0.2, 0.25) is 11.8 Å². The molecule has 0 bridgehead atoms. The van der Waals surface area contributed by atoms with Crippen molar-refractivity contribution in [1.82, 2.24) is 10.0 Å². The molecule has 1 atom stereocenters. The Balaban J connectivity index is 0.00000225. The summed E-state index contributed by atoms with van der Waals surface area (Å²) in [7, 11) is 3.39. The van der Waals surface area contributed by atoms with Crippen LogP contribution in [-0.2, 0) is 9.59 Å². The molecule has 1 saturated heterocycles. The molecular weight excluding hydrogens is 344 g/mol. The smallest absolute Gasteiger partial charge is 0.245 e. The molecule has 1 saturated carbocycles. The van der Waals surface area contributed by atoms with Gasteiger partial charge in [-0.3, -0.25) is 9.59 Å². The molecule has 2 aliphatic rings. The molecule has 1 aromatic rings. The first-order valence-electron chi connectivity index (χ1n) is 8.42. The van der Waals surface area contributed by atoms with Crippen LogP contribution in [0.1, 0.15) is 50.6 Å². The molecule has 25 heavy (non-hydrogen) atoms. The molecule has 7 heteroatoms. The quantitative estimate of drug-likeness (QED) is 0.817. The van der Waals surface area contributed by atoms with Crippen molar-refractivity contribution in [2.45, 2.75) is 51.2 Å². The van der Waals surface area contributed by atoms with Crippen LogP contribution in [-0.4, -0.2) is 42.1 Å². The molecule has 0 aromatic heterocycles. The fraction of sp³-hybridized carbons (Fsp3) is 0.556. The minimum absolute atomic E-state index is 0. The normalized spacial score (nSPS) is 21.3. The van der Waals surface area contributed by atoms with E-state index in [1.807, 2.05) is 18.2 Å². The van der Waals surface area contributed by atoms with Crippen molar-refractivity contribution < 1.29 is 19.1 Å². The zero-order chi connectivity index (χ0) is 17.3. The second-order valence-corrected chi connectivity index (χ2v) is 6.45. The Labute approximate surface area is 154 Å². The lowest BCUT2D eigenvalue weighted by molar-refractivity contribution is -0.153. The van der Waals surface area contributed by atoms with Crippen LogP contribution in [0.4, 0.5) is 0 Å². The van der Waals surface area contributed by atoms with Crippen LogP contribution in [0.2, 0.25) is 0 Å². The van der Waals surface area contributed by atoms with E-state index in [1.165, 1.54) is 24.8 Å². The highest BCUT2D eigenvalue weighted by Gasteiger charge is 2.38. The molecule has 0 spiro atoms. The van der Waals surface area contributed by atoms with E-state index in [1.54, 1.807) is 19.2 Å². The fourth-order valence-corrected chi connectivity index (χ4v) is 3.61. The molecule has 6 nitrogen and oxygen atoms in total. The maximum Gasteiger partial charge on any atom is 0.245 e. The third-order valence-electron chi connectivity index (χ3n) is 4.84. The van der Waals surface area contributed by atoms with Gasteiger partial charge in [0.1, 0.15) is 0 Å². The van der Waals surface area contributed by atoms with Crippen LogP contribution < -0.4 is 9.47 Å². The minimum atomic E-state index is -0.263. The second-order valence-electron chi connectivity index (χ2n) is 6.45. The number of hydrazine groups is 1. The molecule has 1 unspecified atom stereocenters. The van der Waals surface area contributed by atoms with E-state index in [4.69, 9.17) is 9.47 Å². The summed E-state index contributed by atoms with van der Waals surface area (Å²) >= 11 is 0. The van der Waals surface area contributed by atoms with Crippen LogP contribution in [0.15, 0.2) is 18.2 Å². The van der Waals surface area contributed by atoms with Crippen molar-refractivity contribution in [2.24, 2.45) is 0 Å². The van der Waals surface area contributed by atoms with Gasteiger partial charge in [-0.15, -0.1) is 12.4 Å². The lowest BCUT2D eigenvalue weighted by Gasteiger charge is -2.26. The first kappa shape index (κ1) is 19.5. The highest BCUT2D eigenvalue weighted by Crippen LogP contribution is 2.38. The summed E-state index contributed by atoms with van der Waals surface area (Å²) in [5, 5.41) is 2.90. The Morgan fingerprint density at radius 2 is 1.88 bits per heavy atom. The van der Waals surface area contributed by atoms with E-state index in [-0.39, 0.29) is 42.8 Å². The average molecular weight is 369 g/mol. The van der Waals surface area contributed by atoms with Gasteiger partial charge < -0.3 is 9.47 Å². The Morgan fingerprint density at radius 1 is 1.20 bits per heavy atom.